The van der Waals surface area contributed by atoms with Gasteiger partial charge < -0.3 is 10.6 Å². The number of hydrogen-bond acceptors (Lipinski definition) is 2. The first kappa shape index (κ1) is 14.4. The standard InChI is InChI=1S/C15H21ClN2O/c16-14-4-1-12(2-5-14)3-6-15(19)18-11-13-7-9-17-10-8-13/h1-2,4-5,13,17H,3,6-11H2,(H,18,19). The minimum atomic E-state index is 0.147. The zero-order valence-corrected chi connectivity index (χ0v) is 11.9. The highest BCUT2D eigenvalue weighted by Gasteiger charge is 2.13. The molecule has 0 saturated carbocycles. The molecule has 0 atom stereocenters. The van der Waals surface area contributed by atoms with Gasteiger partial charge in [0, 0.05) is 18.0 Å². The van der Waals surface area contributed by atoms with E-state index in [1.165, 1.54) is 0 Å². The van der Waals surface area contributed by atoms with E-state index in [9.17, 15) is 4.79 Å². The first-order chi connectivity index (χ1) is 9.24. The average Bonchev–Trinajstić information content (AvgIpc) is 2.45. The van der Waals surface area contributed by atoms with E-state index in [1.54, 1.807) is 0 Å². The normalized spacial score (nSPS) is 16.3. The maximum absolute atomic E-state index is 11.8. The number of hydrogen-bond donors (Lipinski definition) is 2. The lowest BCUT2D eigenvalue weighted by atomic mass is 9.98. The monoisotopic (exact) mass is 280 g/mol. The van der Waals surface area contributed by atoms with Gasteiger partial charge in [0.2, 0.25) is 5.91 Å². The molecule has 2 rings (SSSR count). The second kappa shape index (κ2) is 7.51. The van der Waals surface area contributed by atoms with Gasteiger partial charge >= 0.3 is 0 Å². The molecule has 19 heavy (non-hydrogen) atoms. The van der Waals surface area contributed by atoms with Gasteiger partial charge in [0.05, 0.1) is 0 Å². The molecule has 4 heteroatoms. The van der Waals surface area contributed by atoms with Gasteiger partial charge in [0.25, 0.3) is 0 Å². The summed E-state index contributed by atoms with van der Waals surface area (Å²) in [6.45, 7) is 2.97. The Morgan fingerprint density at radius 2 is 1.95 bits per heavy atom. The van der Waals surface area contributed by atoms with Gasteiger partial charge in [-0.05, 0) is 56.0 Å². The molecule has 0 radical (unpaired) electrons. The molecule has 1 aromatic carbocycles. The molecule has 1 saturated heterocycles. The molecule has 1 heterocycles. The molecule has 0 spiro atoms. The van der Waals surface area contributed by atoms with Gasteiger partial charge in [-0.1, -0.05) is 23.7 Å². The van der Waals surface area contributed by atoms with Crippen molar-refractivity contribution >= 4 is 17.5 Å². The molecule has 1 fully saturated rings. The van der Waals surface area contributed by atoms with Crippen LogP contribution in [0.15, 0.2) is 24.3 Å². The van der Waals surface area contributed by atoms with Gasteiger partial charge in [0.1, 0.15) is 0 Å². The molecule has 2 N–H and O–H groups in total. The number of rotatable bonds is 5. The van der Waals surface area contributed by atoms with Crippen LogP contribution in [0.3, 0.4) is 0 Å². The van der Waals surface area contributed by atoms with Gasteiger partial charge in [-0.15, -0.1) is 0 Å². The smallest absolute Gasteiger partial charge is 0.220 e. The zero-order valence-electron chi connectivity index (χ0n) is 11.1. The number of nitrogens with one attached hydrogen (secondary N) is 2. The Kier molecular flexibility index (Phi) is 5.67. The van der Waals surface area contributed by atoms with E-state index in [2.05, 4.69) is 10.6 Å². The van der Waals surface area contributed by atoms with Crippen molar-refractivity contribution in [3.05, 3.63) is 34.9 Å². The van der Waals surface area contributed by atoms with Gasteiger partial charge in [0.15, 0.2) is 0 Å². The first-order valence-corrected chi connectivity index (χ1v) is 7.33. The summed E-state index contributed by atoms with van der Waals surface area (Å²) in [5.41, 5.74) is 1.15. The summed E-state index contributed by atoms with van der Waals surface area (Å²) in [5, 5.41) is 7.11. The van der Waals surface area contributed by atoms with Crippen molar-refractivity contribution in [2.75, 3.05) is 19.6 Å². The molecule has 104 valence electrons. The second-order valence-corrected chi connectivity index (χ2v) is 5.56. The van der Waals surface area contributed by atoms with Crippen LogP contribution in [0.2, 0.25) is 5.02 Å². The summed E-state index contributed by atoms with van der Waals surface area (Å²) in [6.07, 6.45) is 3.65. The lowest BCUT2D eigenvalue weighted by molar-refractivity contribution is -0.121. The Hall–Kier alpha value is -1.06. The molecule has 0 aromatic heterocycles. The van der Waals surface area contributed by atoms with Crippen molar-refractivity contribution in [1.82, 2.24) is 10.6 Å². The van der Waals surface area contributed by atoms with Crippen molar-refractivity contribution in [2.24, 2.45) is 5.92 Å². The molecule has 1 amide bonds. The lowest BCUT2D eigenvalue weighted by Gasteiger charge is -2.22. The Balaban J connectivity index is 1.65. The number of aryl methyl sites for hydroxylation is 1. The Labute approximate surface area is 119 Å². The van der Waals surface area contributed by atoms with Crippen molar-refractivity contribution in [1.29, 1.82) is 0 Å². The van der Waals surface area contributed by atoms with Crippen LogP contribution in [0.4, 0.5) is 0 Å². The summed E-state index contributed by atoms with van der Waals surface area (Å²) in [4.78, 5) is 11.8. The van der Waals surface area contributed by atoms with E-state index in [0.29, 0.717) is 12.3 Å². The number of carbonyl (C=O) groups is 1. The van der Waals surface area contributed by atoms with Gasteiger partial charge in [-0.2, -0.15) is 0 Å². The van der Waals surface area contributed by atoms with E-state index in [4.69, 9.17) is 11.6 Å². The SMILES string of the molecule is O=C(CCc1ccc(Cl)cc1)NCC1CCNCC1. The molecule has 1 aliphatic heterocycles. The van der Waals surface area contributed by atoms with Crippen LogP contribution in [-0.4, -0.2) is 25.5 Å². The van der Waals surface area contributed by atoms with Crippen LogP contribution in [-0.2, 0) is 11.2 Å². The lowest BCUT2D eigenvalue weighted by Crippen LogP contribution is -2.36. The summed E-state index contributed by atoms with van der Waals surface area (Å²) < 4.78 is 0. The molecule has 1 aromatic rings. The number of amides is 1. The summed E-state index contributed by atoms with van der Waals surface area (Å²) in [7, 11) is 0. The molecule has 0 unspecified atom stereocenters. The third kappa shape index (κ3) is 5.21. The maximum Gasteiger partial charge on any atom is 0.220 e. The minimum Gasteiger partial charge on any atom is -0.356 e. The summed E-state index contributed by atoms with van der Waals surface area (Å²) in [6, 6.07) is 7.68. The fraction of sp³-hybridized carbons (Fsp3) is 0.533. The van der Waals surface area contributed by atoms with E-state index in [-0.39, 0.29) is 5.91 Å². The van der Waals surface area contributed by atoms with E-state index in [0.717, 1.165) is 49.5 Å². The fourth-order valence-corrected chi connectivity index (χ4v) is 2.47. The van der Waals surface area contributed by atoms with Crippen LogP contribution < -0.4 is 10.6 Å². The van der Waals surface area contributed by atoms with E-state index >= 15 is 0 Å². The van der Waals surface area contributed by atoms with Gasteiger partial charge in [-0.3, -0.25) is 4.79 Å². The Morgan fingerprint density at radius 3 is 2.63 bits per heavy atom. The summed E-state index contributed by atoms with van der Waals surface area (Å²) in [5.74, 6) is 0.786. The first-order valence-electron chi connectivity index (χ1n) is 6.96. The van der Waals surface area contributed by atoms with Crippen LogP contribution in [0.25, 0.3) is 0 Å². The molecular weight excluding hydrogens is 260 g/mol. The Morgan fingerprint density at radius 1 is 1.26 bits per heavy atom. The second-order valence-electron chi connectivity index (χ2n) is 5.12. The molecule has 1 aliphatic rings. The van der Waals surface area contributed by atoms with Crippen LogP contribution >= 0.6 is 11.6 Å². The van der Waals surface area contributed by atoms with Crippen molar-refractivity contribution < 1.29 is 4.79 Å². The van der Waals surface area contributed by atoms with E-state index in [1.807, 2.05) is 24.3 Å². The van der Waals surface area contributed by atoms with Crippen molar-refractivity contribution in [3.63, 3.8) is 0 Å². The quantitative estimate of drug-likeness (QED) is 0.870. The Bertz CT molecular complexity index is 399. The predicted octanol–water partition coefficient (Wildman–Crippen LogP) is 2.39. The molecule has 3 nitrogen and oxygen atoms in total. The van der Waals surface area contributed by atoms with E-state index < -0.39 is 0 Å². The highest BCUT2D eigenvalue weighted by molar-refractivity contribution is 6.30. The minimum absolute atomic E-state index is 0.147. The number of piperidine rings is 1. The van der Waals surface area contributed by atoms with Crippen LogP contribution in [0.5, 0.6) is 0 Å². The third-order valence-corrected chi connectivity index (χ3v) is 3.85. The van der Waals surface area contributed by atoms with Crippen LogP contribution in [0, 0.1) is 5.92 Å². The maximum atomic E-state index is 11.8. The summed E-state index contributed by atoms with van der Waals surface area (Å²) >= 11 is 5.83. The topological polar surface area (TPSA) is 41.1 Å². The molecule has 0 aliphatic carbocycles. The zero-order chi connectivity index (χ0) is 13.5. The number of benzene rings is 1. The average molecular weight is 281 g/mol. The number of carbonyl (C=O) groups excluding carboxylic acids is 1. The highest BCUT2D eigenvalue weighted by atomic mass is 35.5. The number of halogens is 1. The fourth-order valence-electron chi connectivity index (χ4n) is 2.34. The third-order valence-electron chi connectivity index (χ3n) is 3.60. The highest BCUT2D eigenvalue weighted by Crippen LogP contribution is 2.12. The van der Waals surface area contributed by atoms with Crippen molar-refractivity contribution in [3.8, 4) is 0 Å². The van der Waals surface area contributed by atoms with Crippen molar-refractivity contribution in [2.45, 2.75) is 25.7 Å². The predicted molar refractivity (Wildman–Crippen MR) is 78.4 cm³/mol. The molecule has 0 bridgehead atoms. The largest absolute Gasteiger partial charge is 0.356 e. The molecular formula is C15H21ClN2O. The van der Waals surface area contributed by atoms with Gasteiger partial charge in [-0.25, -0.2) is 0 Å². The van der Waals surface area contributed by atoms with Crippen LogP contribution in [0.1, 0.15) is 24.8 Å².